The first-order valence-corrected chi connectivity index (χ1v) is 8.35. The molecule has 1 aromatic heterocycles. The zero-order valence-electron chi connectivity index (χ0n) is 14.4. The largest absolute Gasteiger partial charge is 0.483 e. The van der Waals surface area contributed by atoms with Crippen molar-refractivity contribution in [3.8, 4) is 5.75 Å². The highest BCUT2D eigenvalue weighted by Crippen LogP contribution is 2.26. The second-order valence-electron chi connectivity index (χ2n) is 5.88. The summed E-state index contributed by atoms with van der Waals surface area (Å²) < 4.78 is 7.13. The fourth-order valence-corrected chi connectivity index (χ4v) is 3.25. The summed E-state index contributed by atoms with van der Waals surface area (Å²) in [7, 11) is 0. The lowest BCUT2D eigenvalue weighted by Gasteiger charge is -2.11. The number of hydrogen-bond donors (Lipinski definition) is 2. The minimum atomic E-state index is -0.445. The number of aryl methyl sites for hydroxylation is 1. The van der Waals surface area contributed by atoms with Crippen LogP contribution in [0.3, 0.4) is 0 Å². The normalized spacial score (nSPS) is 10.8. The molecule has 134 valence electrons. The van der Waals surface area contributed by atoms with E-state index in [2.05, 4.69) is 5.43 Å². The predicted octanol–water partition coefficient (Wildman–Crippen LogP) is 3.23. The minimum Gasteiger partial charge on any atom is -0.483 e. The first-order valence-electron chi connectivity index (χ1n) is 7.97. The molecule has 0 fully saturated rings. The maximum atomic E-state index is 12.8. The van der Waals surface area contributed by atoms with Crippen molar-refractivity contribution >= 4 is 34.3 Å². The van der Waals surface area contributed by atoms with Crippen LogP contribution in [0.5, 0.6) is 5.75 Å². The van der Waals surface area contributed by atoms with Crippen LogP contribution in [-0.2, 0) is 0 Å². The number of rotatable bonds is 4. The summed E-state index contributed by atoms with van der Waals surface area (Å²) in [5.41, 5.74) is 4.48. The number of ether oxygens (including phenoxy) is 1. The quantitative estimate of drug-likeness (QED) is 0.419. The second-order valence-corrected chi connectivity index (χ2v) is 6.32. The number of aromatic nitrogens is 1. The number of fused-ring (bicyclic) bond motifs is 1. The number of nitrogens with two attached hydrogens (primary N) is 1. The lowest BCUT2D eigenvalue weighted by atomic mass is 10.1. The molecule has 0 radical (unpaired) electrons. The molecule has 0 saturated heterocycles. The lowest BCUT2D eigenvalue weighted by Crippen LogP contribution is -2.30. The average molecular weight is 372 g/mol. The van der Waals surface area contributed by atoms with Gasteiger partial charge in [0.05, 0.1) is 11.1 Å². The van der Waals surface area contributed by atoms with Crippen LogP contribution >= 0.6 is 11.6 Å². The molecule has 26 heavy (non-hydrogen) atoms. The van der Waals surface area contributed by atoms with Crippen LogP contribution in [0.2, 0.25) is 5.02 Å². The molecule has 0 aliphatic carbocycles. The molecule has 1 amide bonds. The molecule has 0 atom stereocenters. The Morgan fingerprint density at radius 1 is 1.19 bits per heavy atom. The standard InChI is InChI=1S/C19H18ClN3O3/c1-11-9-13(20)7-8-16(11)26-10-17(24)23-12(2)18(19(25)22-21)14-5-3-4-6-15(14)23/h3-9H,10,21H2,1-2H3,(H,22,25). The highest BCUT2D eigenvalue weighted by Gasteiger charge is 2.22. The maximum absolute atomic E-state index is 12.8. The zero-order valence-corrected chi connectivity index (χ0v) is 15.1. The zero-order chi connectivity index (χ0) is 18.8. The van der Waals surface area contributed by atoms with Crippen molar-refractivity contribution < 1.29 is 14.3 Å². The van der Waals surface area contributed by atoms with Gasteiger partial charge in [-0.2, -0.15) is 0 Å². The first kappa shape index (κ1) is 18.0. The molecule has 2 aromatic carbocycles. The third-order valence-electron chi connectivity index (χ3n) is 4.21. The van der Waals surface area contributed by atoms with Crippen molar-refractivity contribution in [2.45, 2.75) is 13.8 Å². The Bertz CT molecular complexity index is 1010. The number of carbonyl (C=O) groups excluding carboxylic acids is 2. The summed E-state index contributed by atoms with van der Waals surface area (Å²) in [5, 5.41) is 1.26. The maximum Gasteiger partial charge on any atom is 0.269 e. The van der Waals surface area contributed by atoms with E-state index in [4.69, 9.17) is 22.2 Å². The molecule has 1 heterocycles. The minimum absolute atomic E-state index is 0.175. The fourth-order valence-electron chi connectivity index (χ4n) is 3.03. The molecule has 3 aromatic rings. The Hall–Kier alpha value is -2.83. The molecule has 0 aliphatic heterocycles. The number of nitrogen functional groups attached to an aromatic ring is 1. The molecular formula is C19H18ClN3O3. The van der Waals surface area contributed by atoms with Crippen molar-refractivity contribution in [1.82, 2.24) is 9.99 Å². The van der Waals surface area contributed by atoms with E-state index in [1.54, 1.807) is 49.4 Å². The number of halogens is 1. The van der Waals surface area contributed by atoms with Gasteiger partial charge in [-0.15, -0.1) is 0 Å². The number of amides is 1. The van der Waals surface area contributed by atoms with E-state index >= 15 is 0 Å². The van der Waals surface area contributed by atoms with Gasteiger partial charge >= 0.3 is 0 Å². The van der Waals surface area contributed by atoms with Crippen LogP contribution in [0, 0.1) is 13.8 Å². The van der Waals surface area contributed by atoms with Gasteiger partial charge in [0.2, 0.25) is 0 Å². The Kier molecular flexibility index (Phi) is 4.97. The first-order chi connectivity index (χ1) is 12.4. The Balaban J connectivity index is 1.96. The predicted molar refractivity (Wildman–Crippen MR) is 101 cm³/mol. The molecule has 0 spiro atoms. The number of para-hydroxylation sites is 1. The molecule has 0 bridgehead atoms. The number of hydrazine groups is 1. The summed E-state index contributed by atoms with van der Waals surface area (Å²) in [5.74, 6) is 5.13. The molecule has 3 N–H and O–H groups in total. The monoisotopic (exact) mass is 371 g/mol. The summed E-state index contributed by atoms with van der Waals surface area (Å²) in [6.07, 6.45) is 0. The molecular weight excluding hydrogens is 354 g/mol. The number of nitrogens with one attached hydrogen (secondary N) is 1. The summed E-state index contributed by atoms with van der Waals surface area (Å²) >= 11 is 5.93. The summed E-state index contributed by atoms with van der Waals surface area (Å²) in [6, 6.07) is 12.4. The van der Waals surface area contributed by atoms with Crippen molar-refractivity contribution in [1.29, 1.82) is 0 Å². The smallest absolute Gasteiger partial charge is 0.269 e. The van der Waals surface area contributed by atoms with Gasteiger partial charge in [0.25, 0.3) is 11.8 Å². The van der Waals surface area contributed by atoms with E-state index in [-0.39, 0.29) is 12.5 Å². The van der Waals surface area contributed by atoms with Crippen LogP contribution < -0.4 is 16.0 Å². The second kappa shape index (κ2) is 7.19. The number of benzene rings is 2. The molecule has 0 unspecified atom stereocenters. The van der Waals surface area contributed by atoms with Crippen LogP contribution in [0.1, 0.15) is 26.4 Å². The SMILES string of the molecule is Cc1cc(Cl)ccc1OCC(=O)n1c(C)c(C(=O)NN)c2ccccc21. The van der Waals surface area contributed by atoms with Crippen molar-refractivity contribution in [3.63, 3.8) is 0 Å². The van der Waals surface area contributed by atoms with Gasteiger partial charge < -0.3 is 4.74 Å². The van der Waals surface area contributed by atoms with E-state index in [1.807, 2.05) is 6.92 Å². The van der Waals surface area contributed by atoms with Gasteiger partial charge in [0.1, 0.15) is 5.75 Å². The van der Waals surface area contributed by atoms with Gasteiger partial charge in [-0.25, -0.2) is 5.84 Å². The average Bonchev–Trinajstić information content (AvgIpc) is 2.92. The molecule has 0 saturated carbocycles. The molecule has 7 heteroatoms. The van der Waals surface area contributed by atoms with Crippen LogP contribution in [0.4, 0.5) is 0 Å². The fraction of sp³-hybridized carbons (Fsp3) is 0.158. The van der Waals surface area contributed by atoms with Crippen LogP contribution in [0.15, 0.2) is 42.5 Å². The van der Waals surface area contributed by atoms with Crippen molar-refractivity contribution in [3.05, 3.63) is 64.3 Å². The highest BCUT2D eigenvalue weighted by atomic mass is 35.5. The van der Waals surface area contributed by atoms with Gasteiger partial charge in [-0.1, -0.05) is 29.8 Å². The third-order valence-corrected chi connectivity index (χ3v) is 4.44. The highest BCUT2D eigenvalue weighted by molar-refractivity contribution is 6.30. The number of carbonyl (C=O) groups is 2. The van der Waals surface area contributed by atoms with Crippen LogP contribution in [0.25, 0.3) is 10.9 Å². The van der Waals surface area contributed by atoms with E-state index in [0.717, 1.165) is 5.56 Å². The molecule has 0 aliphatic rings. The van der Waals surface area contributed by atoms with E-state index in [0.29, 0.717) is 32.9 Å². The third kappa shape index (κ3) is 3.16. The Morgan fingerprint density at radius 3 is 2.62 bits per heavy atom. The van der Waals surface area contributed by atoms with Crippen LogP contribution in [-0.4, -0.2) is 23.0 Å². The van der Waals surface area contributed by atoms with Gasteiger partial charge in [0, 0.05) is 16.1 Å². The van der Waals surface area contributed by atoms with Gasteiger partial charge in [0.15, 0.2) is 6.61 Å². The Labute approximate surface area is 155 Å². The van der Waals surface area contributed by atoms with Gasteiger partial charge in [-0.05, 0) is 43.7 Å². The summed E-state index contributed by atoms with van der Waals surface area (Å²) in [6.45, 7) is 3.38. The van der Waals surface area contributed by atoms with Crippen molar-refractivity contribution in [2.75, 3.05) is 6.61 Å². The summed E-state index contributed by atoms with van der Waals surface area (Å²) in [4.78, 5) is 24.9. The molecule has 6 nitrogen and oxygen atoms in total. The van der Waals surface area contributed by atoms with E-state index < -0.39 is 5.91 Å². The van der Waals surface area contributed by atoms with E-state index in [9.17, 15) is 9.59 Å². The number of hydrogen-bond acceptors (Lipinski definition) is 4. The Morgan fingerprint density at radius 2 is 1.92 bits per heavy atom. The molecule has 3 rings (SSSR count). The van der Waals surface area contributed by atoms with E-state index in [1.165, 1.54) is 4.57 Å². The lowest BCUT2D eigenvalue weighted by molar-refractivity contribution is 0.0840. The van der Waals surface area contributed by atoms with Crippen molar-refractivity contribution in [2.24, 2.45) is 5.84 Å². The number of nitrogens with zero attached hydrogens (tertiary/aromatic N) is 1. The topological polar surface area (TPSA) is 86.3 Å². The van der Waals surface area contributed by atoms with Gasteiger partial charge in [-0.3, -0.25) is 19.6 Å².